The minimum atomic E-state index is 0.318. The van der Waals surface area contributed by atoms with Crippen LogP contribution >= 0.6 is 0 Å². The molecule has 4 nitrogen and oxygen atoms in total. The molecule has 0 aliphatic carbocycles. The van der Waals surface area contributed by atoms with Gasteiger partial charge in [0.25, 0.3) is 0 Å². The molecule has 1 fully saturated rings. The van der Waals surface area contributed by atoms with Crippen LogP contribution < -0.4 is 10.1 Å². The molecule has 0 spiro atoms. The van der Waals surface area contributed by atoms with E-state index >= 15 is 0 Å². The number of ether oxygens (including phenoxy) is 1. The Labute approximate surface area is 116 Å². The Morgan fingerprint density at radius 3 is 2.74 bits per heavy atom. The first-order valence-electron chi connectivity index (χ1n) is 6.84. The Morgan fingerprint density at radius 2 is 2.11 bits per heavy atom. The van der Waals surface area contributed by atoms with Gasteiger partial charge in [0.05, 0.1) is 13.2 Å². The molecule has 4 heteroatoms. The van der Waals surface area contributed by atoms with Crippen LogP contribution in [0.15, 0.2) is 24.3 Å². The van der Waals surface area contributed by atoms with E-state index < -0.39 is 0 Å². The van der Waals surface area contributed by atoms with Crippen LogP contribution in [-0.4, -0.2) is 63.7 Å². The molecule has 1 aromatic carbocycles. The van der Waals surface area contributed by atoms with Crippen LogP contribution in [0.3, 0.4) is 0 Å². The molecule has 0 amide bonds. The van der Waals surface area contributed by atoms with E-state index in [1.54, 1.807) is 7.11 Å². The monoisotopic (exact) mass is 263 g/mol. The van der Waals surface area contributed by atoms with E-state index in [0.29, 0.717) is 12.1 Å². The highest BCUT2D eigenvalue weighted by molar-refractivity contribution is 5.37. The summed E-state index contributed by atoms with van der Waals surface area (Å²) in [6, 6.07) is 9.05. The van der Waals surface area contributed by atoms with Gasteiger partial charge in [0.1, 0.15) is 5.75 Å². The van der Waals surface area contributed by atoms with Gasteiger partial charge in [0, 0.05) is 31.2 Å². The molecule has 2 atom stereocenters. The Morgan fingerprint density at radius 1 is 1.37 bits per heavy atom. The molecule has 106 valence electrons. The molecular formula is C15H25N3O. The van der Waals surface area contributed by atoms with Gasteiger partial charge in [0.2, 0.25) is 0 Å². The largest absolute Gasteiger partial charge is 0.496 e. The van der Waals surface area contributed by atoms with E-state index in [-0.39, 0.29) is 0 Å². The minimum absolute atomic E-state index is 0.318. The Balaban J connectivity index is 2.29. The Kier molecular flexibility index (Phi) is 4.80. The molecule has 0 bridgehead atoms. The number of nitrogens with one attached hydrogen (secondary N) is 1. The van der Waals surface area contributed by atoms with Crippen molar-refractivity contribution in [1.82, 2.24) is 15.1 Å². The summed E-state index contributed by atoms with van der Waals surface area (Å²) >= 11 is 0. The summed E-state index contributed by atoms with van der Waals surface area (Å²) in [7, 11) is 8.19. The lowest BCUT2D eigenvalue weighted by atomic mass is 9.95. The number of likely N-dealkylation sites (N-methyl/N-ethyl adjacent to an activating group) is 2. The van der Waals surface area contributed by atoms with Gasteiger partial charge in [-0.1, -0.05) is 18.2 Å². The summed E-state index contributed by atoms with van der Waals surface area (Å²) in [5.74, 6) is 0.969. The number of para-hydroxylation sites is 1. The normalized spacial score (nSPS) is 22.5. The van der Waals surface area contributed by atoms with E-state index in [2.05, 4.69) is 48.4 Å². The number of hydrogen-bond acceptors (Lipinski definition) is 4. The molecule has 0 aromatic heterocycles. The summed E-state index contributed by atoms with van der Waals surface area (Å²) in [6.45, 7) is 3.21. The van der Waals surface area contributed by atoms with E-state index in [9.17, 15) is 0 Å². The lowest BCUT2D eigenvalue weighted by Gasteiger charge is -2.39. The van der Waals surface area contributed by atoms with E-state index in [1.165, 1.54) is 5.56 Å². The summed E-state index contributed by atoms with van der Waals surface area (Å²) in [5.41, 5.74) is 1.25. The molecule has 1 heterocycles. The molecule has 1 aliphatic heterocycles. The second-order valence-electron chi connectivity index (χ2n) is 5.47. The molecular weight excluding hydrogens is 238 g/mol. The minimum Gasteiger partial charge on any atom is -0.496 e. The summed E-state index contributed by atoms with van der Waals surface area (Å²) in [5, 5.41) is 3.64. The third-order valence-electron chi connectivity index (χ3n) is 3.80. The van der Waals surface area contributed by atoms with Crippen LogP contribution in [0.25, 0.3) is 0 Å². The zero-order chi connectivity index (χ0) is 13.8. The van der Waals surface area contributed by atoms with Crippen LogP contribution in [0.1, 0.15) is 11.6 Å². The molecule has 0 saturated carbocycles. The first kappa shape index (κ1) is 14.3. The maximum atomic E-state index is 5.53. The van der Waals surface area contributed by atoms with E-state index in [0.717, 1.165) is 25.4 Å². The average Bonchev–Trinajstić information content (AvgIpc) is 2.39. The Hall–Kier alpha value is -1.10. The SMILES string of the molecule is COc1ccccc1C(C1CN(C)CCN1)N(C)C. The first-order chi connectivity index (χ1) is 9.13. The van der Waals surface area contributed by atoms with Crippen LogP contribution in [0.4, 0.5) is 0 Å². The van der Waals surface area contributed by atoms with Gasteiger partial charge >= 0.3 is 0 Å². The van der Waals surface area contributed by atoms with E-state index in [4.69, 9.17) is 4.74 Å². The molecule has 1 aliphatic rings. The highest BCUT2D eigenvalue weighted by Gasteiger charge is 2.30. The van der Waals surface area contributed by atoms with Crippen molar-refractivity contribution < 1.29 is 4.74 Å². The molecule has 2 unspecified atom stereocenters. The standard InChI is InChI=1S/C15H25N3O/c1-17(2)15(13-11-18(3)10-9-16-13)12-7-5-6-8-14(12)19-4/h5-8,13,15-16H,9-11H2,1-4H3. The number of benzene rings is 1. The second-order valence-corrected chi connectivity index (χ2v) is 5.47. The zero-order valence-corrected chi connectivity index (χ0v) is 12.4. The predicted molar refractivity (Wildman–Crippen MR) is 78.7 cm³/mol. The fourth-order valence-corrected chi connectivity index (χ4v) is 2.91. The molecule has 19 heavy (non-hydrogen) atoms. The lowest BCUT2D eigenvalue weighted by Crippen LogP contribution is -2.54. The maximum absolute atomic E-state index is 5.53. The Bertz CT molecular complexity index is 408. The maximum Gasteiger partial charge on any atom is 0.123 e. The summed E-state index contributed by atoms with van der Waals surface area (Å²) < 4.78 is 5.53. The zero-order valence-electron chi connectivity index (χ0n) is 12.4. The molecule has 1 saturated heterocycles. The van der Waals surface area contributed by atoms with Gasteiger partial charge in [-0.15, -0.1) is 0 Å². The van der Waals surface area contributed by atoms with Crippen molar-refractivity contribution in [3.63, 3.8) is 0 Å². The fourth-order valence-electron chi connectivity index (χ4n) is 2.91. The van der Waals surface area contributed by atoms with Gasteiger partial charge in [-0.05, 0) is 27.2 Å². The summed E-state index contributed by atoms with van der Waals surface area (Å²) in [6.07, 6.45) is 0. The summed E-state index contributed by atoms with van der Waals surface area (Å²) in [4.78, 5) is 4.65. The molecule has 0 radical (unpaired) electrons. The van der Waals surface area contributed by atoms with Crippen molar-refractivity contribution >= 4 is 0 Å². The van der Waals surface area contributed by atoms with Crippen molar-refractivity contribution in [3.05, 3.63) is 29.8 Å². The van der Waals surface area contributed by atoms with Gasteiger partial charge in [-0.3, -0.25) is 0 Å². The molecule has 1 aromatic rings. The number of rotatable bonds is 4. The van der Waals surface area contributed by atoms with Crippen LogP contribution in [0.2, 0.25) is 0 Å². The van der Waals surface area contributed by atoms with Crippen LogP contribution in [0, 0.1) is 0 Å². The highest BCUT2D eigenvalue weighted by atomic mass is 16.5. The number of piperazine rings is 1. The fraction of sp³-hybridized carbons (Fsp3) is 0.600. The smallest absolute Gasteiger partial charge is 0.123 e. The third kappa shape index (κ3) is 3.26. The van der Waals surface area contributed by atoms with Crippen molar-refractivity contribution in [2.75, 3.05) is 47.9 Å². The van der Waals surface area contributed by atoms with Gasteiger partial charge < -0.3 is 19.9 Å². The molecule has 1 N–H and O–H groups in total. The van der Waals surface area contributed by atoms with Crippen LogP contribution in [-0.2, 0) is 0 Å². The predicted octanol–water partition coefficient (Wildman–Crippen LogP) is 1.20. The lowest BCUT2D eigenvalue weighted by molar-refractivity contribution is 0.152. The average molecular weight is 263 g/mol. The van der Waals surface area contributed by atoms with Gasteiger partial charge in [-0.2, -0.15) is 0 Å². The highest BCUT2D eigenvalue weighted by Crippen LogP contribution is 2.31. The topological polar surface area (TPSA) is 27.7 Å². The first-order valence-corrected chi connectivity index (χ1v) is 6.84. The number of hydrogen-bond donors (Lipinski definition) is 1. The quantitative estimate of drug-likeness (QED) is 0.883. The van der Waals surface area contributed by atoms with Gasteiger partial charge in [0.15, 0.2) is 0 Å². The number of nitrogens with zero attached hydrogens (tertiary/aromatic N) is 2. The van der Waals surface area contributed by atoms with Crippen molar-refractivity contribution in [2.45, 2.75) is 12.1 Å². The van der Waals surface area contributed by atoms with Crippen LogP contribution in [0.5, 0.6) is 5.75 Å². The number of methoxy groups -OCH3 is 1. The van der Waals surface area contributed by atoms with Crippen molar-refractivity contribution in [1.29, 1.82) is 0 Å². The molecule has 2 rings (SSSR count). The van der Waals surface area contributed by atoms with Gasteiger partial charge in [-0.25, -0.2) is 0 Å². The third-order valence-corrected chi connectivity index (χ3v) is 3.80. The van der Waals surface area contributed by atoms with Crippen molar-refractivity contribution in [3.8, 4) is 5.75 Å². The van der Waals surface area contributed by atoms with E-state index in [1.807, 2.05) is 12.1 Å². The van der Waals surface area contributed by atoms with Crippen molar-refractivity contribution in [2.24, 2.45) is 0 Å². The second kappa shape index (κ2) is 6.37.